The third-order valence-electron chi connectivity index (χ3n) is 6.71. The molecule has 3 aliphatic rings. The van der Waals surface area contributed by atoms with Crippen LogP contribution in [-0.4, -0.2) is 52.4 Å². The van der Waals surface area contributed by atoms with E-state index in [4.69, 9.17) is 0 Å². The summed E-state index contributed by atoms with van der Waals surface area (Å²) in [6, 6.07) is 4.87. The number of hydrogen-bond acceptors (Lipinski definition) is 3. The summed E-state index contributed by atoms with van der Waals surface area (Å²) in [7, 11) is 0. The van der Waals surface area contributed by atoms with Gasteiger partial charge in [-0.25, -0.2) is 0 Å². The van der Waals surface area contributed by atoms with Gasteiger partial charge in [-0.3, -0.25) is 14.5 Å². The minimum absolute atomic E-state index is 0.0877. The number of carbonyl (C=O) groups excluding carboxylic acids is 1. The summed E-state index contributed by atoms with van der Waals surface area (Å²) >= 11 is 0. The Labute approximate surface area is 155 Å². The minimum Gasteiger partial charge on any atom is -0.338 e. The predicted molar refractivity (Wildman–Crippen MR) is 102 cm³/mol. The van der Waals surface area contributed by atoms with E-state index in [1.54, 1.807) is 6.07 Å². The molecule has 5 heteroatoms. The quantitative estimate of drug-likeness (QED) is 0.905. The van der Waals surface area contributed by atoms with Crippen molar-refractivity contribution in [3.8, 4) is 0 Å². The van der Waals surface area contributed by atoms with E-state index in [0.717, 1.165) is 31.4 Å². The smallest absolute Gasteiger partial charge is 0.260 e. The van der Waals surface area contributed by atoms with E-state index in [0.29, 0.717) is 23.4 Å². The van der Waals surface area contributed by atoms with Gasteiger partial charge in [0.25, 0.3) is 11.5 Å². The van der Waals surface area contributed by atoms with E-state index < -0.39 is 0 Å². The molecule has 3 aliphatic heterocycles. The summed E-state index contributed by atoms with van der Waals surface area (Å²) in [5.74, 6) is 1.03. The average Bonchev–Trinajstić information content (AvgIpc) is 2.62. The Morgan fingerprint density at radius 2 is 2.08 bits per heavy atom. The molecule has 1 N–H and O–H groups in total. The second kappa shape index (κ2) is 7.18. The number of piperidine rings is 3. The van der Waals surface area contributed by atoms with Gasteiger partial charge in [0, 0.05) is 37.4 Å². The average molecular weight is 357 g/mol. The normalized spacial score (nSPS) is 31.5. The van der Waals surface area contributed by atoms with Gasteiger partial charge in [0.15, 0.2) is 0 Å². The number of fused-ring (bicyclic) bond motifs is 4. The summed E-state index contributed by atoms with van der Waals surface area (Å²) in [4.78, 5) is 32.7. The lowest BCUT2D eigenvalue weighted by Gasteiger charge is -2.55. The molecule has 0 unspecified atom stereocenters. The number of rotatable bonds is 3. The van der Waals surface area contributed by atoms with Crippen molar-refractivity contribution in [1.82, 2.24) is 14.8 Å². The van der Waals surface area contributed by atoms with Crippen LogP contribution in [-0.2, 0) is 0 Å². The Hall–Kier alpha value is -1.62. The maximum Gasteiger partial charge on any atom is 0.260 e. The Bertz CT molecular complexity index is 726. The maximum absolute atomic E-state index is 13.0. The second-order valence-electron chi connectivity index (χ2n) is 8.59. The fourth-order valence-electron chi connectivity index (χ4n) is 5.63. The monoisotopic (exact) mass is 357 g/mol. The van der Waals surface area contributed by atoms with Crippen LogP contribution in [0.25, 0.3) is 0 Å². The lowest BCUT2D eigenvalue weighted by molar-refractivity contribution is -0.0519. The molecule has 1 amide bonds. The molecule has 26 heavy (non-hydrogen) atoms. The maximum atomic E-state index is 13.0. The Kier molecular flexibility index (Phi) is 4.91. The second-order valence-corrected chi connectivity index (χ2v) is 8.59. The lowest BCUT2D eigenvalue weighted by atomic mass is 9.74. The van der Waals surface area contributed by atoms with E-state index in [-0.39, 0.29) is 11.5 Å². The van der Waals surface area contributed by atoms with Gasteiger partial charge in [0.1, 0.15) is 5.56 Å². The molecular formula is C21H31N3O2. The largest absolute Gasteiger partial charge is 0.338 e. The van der Waals surface area contributed by atoms with Gasteiger partial charge >= 0.3 is 0 Å². The molecular weight excluding hydrogens is 326 g/mol. The highest BCUT2D eigenvalue weighted by atomic mass is 16.2. The SMILES string of the molecule is CCC[C@H]1CCC[C@H]2[C@@H]3C[C@@H](CN(C(=O)c4ccc(C)[nH]c4=O)C3)CN12. The number of nitrogens with one attached hydrogen (secondary N) is 1. The number of H-pyrrole nitrogens is 1. The summed E-state index contributed by atoms with van der Waals surface area (Å²) in [5.41, 5.74) is 0.829. The molecule has 0 saturated carbocycles. The van der Waals surface area contributed by atoms with Crippen LogP contribution in [0.4, 0.5) is 0 Å². The molecule has 0 aromatic carbocycles. The van der Waals surface area contributed by atoms with Crippen molar-refractivity contribution >= 4 is 5.91 Å². The van der Waals surface area contributed by atoms with E-state index in [9.17, 15) is 9.59 Å². The third-order valence-corrected chi connectivity index (χ3v) is 6.71. The summed E-state index contributed by atoms with van der Waals surface area (Å²) in [5, 5.41) is 0. The van der Waals surface area contributed by atoms with Crippen molar-refractivity contribution in [3.05, 3.63) is 33.7 Å². The zero-order chi connectivity index (χ0) is 18.3. The topological polar surface area (TPSA) is 56.4 Å². The highest BCUT2D eigenvalue weighted by Gasteiger charge is 2.45. The van der Waals surface area contributed by atoms with Crippen molar-refractivity contribution in [2.75, 3.05) is 19.6 Å². The Morgan fingerprint density at radius 3 is 2.85 bits per heavy atom. The van der Waals surface area contributed by atoms with Crippen LogP contribution in [0.5, 0.6) is 0 Å². The van der Waals surface area contributed by atoms with Gasteiger partial charge in [-0.2, -0.15) is 0 Å². The zero-order valence-corrected chi connectivity index (χ0v) is 16.0. The summed E-state index contributed by atoms with van der Waals surface area (Å²) in [6.45, 7) is 6.85. The number of nitrogens with zero attached hydrogens (tertiary/aromatic N) is 2. The number of pyridine rings is 1. The zero-order valence-electron chi connectivity index (χ0n) is 16.0. The van der Waals surface area contributed by atoms with Gasteiger partial charge in [-0.15, -0.1) is 0 Å². The molecule has 4 rings (SSSR count). The fraction of sp³-hybridized carbons (Fsp3) is 0.714. The molecule has 1 aromatic rings. The molecule has 3 saturated heterocycles. The van der Waals surface area contributed by atoms with Crippen molar-refractivity contribution < 1.29 is 4.79 Å². The highest BCUT2D eigenvalue weighted by Crippen LogP contribution is 2.40. The molecule has 4 heterocycles. The first-order chi connectivity index (χ1) is 12.6. The van der Waals surface area contributed by atoms with Gasteiger partial charge in [0.2, 0.25) is 0 Å². The molecule has 5 nitrogen and oxygen atoms in total. The molecule has 1 aromatic heterocycles. The van der Waals surface area contributed by atoms with Gasteiger partial charge in [-0.05, 0) is 56.6 Å². The number of likely N-dealkylation sites (tertiary alicyclic amines) is 1. The van der Waals surface area contributed by atoms with E-state index >= 15 is 0 Å². The number of hydrogen-bond donors (Lipinski definition) is 1. The van der Waals surface area contributed by atoms with Crippen molar-refractivity contribution in [1.29, 1.82) is 0 Å². The number of aromatic amines is 1. The van der Waals surface area contributed by atoms with Gasteiger partial charge < -0.3 is 9.88 Å². The highest BCUT2D eigenvalue weighted by molar-refractivity contribution is 5.94. The summed E-state index contributed by atoms with van der Waals surface area (Å²) in [6.07, 6.45) is 7.73. The van der Waals surface area contributed by atoms with Gasteiger partial charge in [0.05, 0.1) is 0 Å². The van der Waals surface area contributed by atoms with E-state index in [1.165, 1.54) is 38.5 Å². The number of amides is 1. The molecule has 4 atom stereocenters. The fourth-order valence-corrected chi connectivity index (χ4v) is 5.63. The molecule has 0 radical (unpaired) electrons. The van der Waals surface area contributed by atoms with E-state index in [2.05, 4.69) is 16.8 Å². The first-order valence-corrected chi connectivity index (χ1v) is 10.3. The van der Waals surface area contributed by atoms with Crippen molar-refractivity contribution in [2.24, 2.45) is 11.8 Å². The summed E-state index contributed by atoms with van der Waals surface area (Å²) < 4.78 is 0. The third kappa shape index (κ3) is 3.22. The first kappa shape index (κ1) is 17.8. The standard InChI is InChI=1S/C21H31N3O2/c1-3-5-17-6-4-7-19-16-10-15(12-24(17)19)11-23(13-16)21(26)18-9-8-14(2)22-20(18)25/h8-9,15-17,19H,3-7,10-13H2,1-2H3,(H,22,25)/t15-,16+,17-,19-/m0/s1. The van der Waals surface area contributed by atoms with Crippen LogP contribution in [0.2, 0.25) is 0 Å². The van der Waals surface area contributed by atoms with Crippen LogP contribution in [0.1, 0.15) is 61.5 Å². The Morgan fingerprint density at radius 1 is 1.23 bits per heavy atom. The number of aryl methyl sites for hydroxylation is 1. The first-order valence-electron chi connectivity index (χ1n) is 10.3. The van der Waals surface area contributed by atoms with E-state index in [1.807, 2.05) is 17.9 Å². The van der Waals surface area contributed by atoms with Crippen LogP contribution < -0.4 is 5.56 Å². The number of carbonyl (C=O) groups is 1. The Balaban J connectivity index is 1.52. The molecule has 0 spiro atoms. The van der Waals surface area contributed by atoms with Crippen molar-refractivity contribution in [2.45, 2.75) is 64.5 Å². The lowest BCUT2D eigenvalue weighted by Crippen LogP contribution is -2.62. The molecule has 2 bridgehead atoms. The predicted octanol–water partition coefficient (Wildman–Crippen LogP) is 2.80. The minimum atomic E-state index is -0.256. The van der Waals surface area contributed by atoms with Crippen LogP contribution >= 0.6 is 0 Å². The van der Waals surface area contributed by atoms with Gasteiger partial charge in [-0.1, -0.05) is 19.8 Å². The molecule has 0 aliphatic carbocycles. The van der Waals surface area contributed by atoms with Crippen LogP contribution in [0.15, 0.2) is 16.9 Å². The van der Waals surface area contributed by atoms with Crippen molar-refractivity contribution in [3.63, 3.8) is 0 Å². The molecule has 142 valence electrons. The van der Waals surface area contributed by atoms with Crippen LogP contribution in [0, 0.1) is 18.8 Å². The molecule has 3 fully saturated rings. The number of aromatic nitrogens is 1. The van der Waals surface area contributed by atoms with Crippen LogP contribution in [0.3, 0.4) is 0 Å².